The molecule has 0 aromatic heterocycles. The number of ether oxygens (including phenoxy) is 7. The molecular weight excluding hydrogens is 875 g/mol. The number of imide groups is 1. The minimum absolute atomic E-state index is 0.152. The molecule has 10 nitrogen and oxygen atoms in total. The Morgan fingerprint density at radius 1 is 0.618 bits per heavy atom. The Balaban J connectivity index is 1.12. The number of carbonyl (C=O) groups is 2. The Labute approximate surface area is 407 Å². The Morgan fingerprint density at radius 2 is 1.07 bits per heavy atom. The van der Waals surface area contributed by atoms with Gasteiger partial charge in [0.1, 0.15) is 35.9 Å². The quantitative estimate of drug-likeness (QED) is 0.0661. The number of fused-ring (bicyclic) bond motifs is 2. The first-order valence-corrected chi connectivity index (χ1v) is 24.7. The van der Waals surface area contributed by atoms with E-state index in [9.17, 15) is 9.59 Å². The summed E-state index contributed by atoms with van der Waals surface area (Å²) in [5.41, 5.74) is 8.50. The second-order valence-corrected chi connectivity index (χ2v) is 21.6. The molecule has 2 amide bonds. The molecule has 360 valence electrons. The summed E-state index contributed by atoms with van der Waals surface area (Å²) in [7, 11) is 1.63. The molecule has 0 N–H and O–H groups in total. The van der Waals surface area contributed by atoms with Gasteiger partial charge in [0, 0.05) is 53.4 Å². The van der Waals surface area contributed by atoms with Crippen LogP contribution in [0.5, 0.6) is 11.5 Å². The van der Waals surface area contributed by atoms with Crippen LogP contribution in [0.2, 0.25) is 0 Å². The maximum absolute atomic E-state index is 12.7. The standard InChI is InChI=1S/C57H67NO9S/c1-55(2,3)42-27-40(49-44(29-42)57(7,8)45-30-43(56(4,5)6)28-41(50(45)67-49)36-68-58-47(59)25-26-48(58)60)34-62-35-46-51(63-31-37-19-13-10-14-20-37)52(64-32-38-21-15-11-16-22-38)53(54(61-9)66-46)65-33-39-23-17-12-18-24-39/h10-24,27-30,46,51-54H,25-26,31-36H2,1-9H3/t46-,51-,52+,53-,54+/m1/s1. The third-order valence-electron chi connectivity index (χ3n) is 13.2. The van der Waals surface area contributed by atoms with E-state index >= 15 is 0 Å². The molecule has 0 bridgehead atoms. The smallest absolute Gasteiger partial charge is 0.239 e. The summed E-state index contributed by atoms with van der Waals surface area (Å²) in [6, 6.07) is 39.1. The van der Waals surface area contributed by atoms with Gasteiger partial charge in [-0.25, -0.2) is 4.31 Å². The molecule has 5 atom stereocenters. The van der Waals surface area contributed by atoms with Crippen LogP contribution in [0.4, 0.5) is 0 Å². The van der Waals surface area contributed by atoms with E-state index in [2.05, 4.69) is 79.7 Å². The van der Waals surface area contributed by atoms with Gasteiger partial charge in [0.15, 0.2) is 6.29 Å². The van der Waals surface area contributed by atoms with E-state index in [0.717, 1.165) is 61.6 Å². The molecule has 3 aliphatic heterocycles. The van der Waals surface area contributed by atoms with E-state index in [1.165, 1.54) is 16.3 Å². The van der Waals surface area contributed by atoms with E-state index in [4.69, 9.17) is 33.2 Å². The third-order valence-corrected chi connectivity index (χ3v) is 14.3. The number of nitrogens with zero attached hydrogens (tertiary/aromatic N) is 1. The molecule has 0 aliphatic carbocycles. The van der Waals surface area contributed by atoms with Crippen molar-refractivity contribution < 1.29 is 42.7 Å². The van der Waals surface area contributed by atoms with Crippen LogP contribution in [0.3, 0.4) is 0 Å². The molecule has 5 aromatic carbocycles. The van der Waals surface area contributed by atoms with Crippen molar-refractivity contribution in [2.24, 2.45) is 0 Å². The van der Waals surface area contributed by atoms with Crippen molar-refractivity contribution in [3.8, 4) is 11.5 Å². The summed E-state index contributed by atoms with van der Waals surface area (Å²) >= 11 is 1.25. The molecule has 0 unspecified atom stereocenters. The minimum atomic E-state index is -0.789. The van der Waals surface area contributed by atoms with Gasteiger partial charge < -0.3 is 33.2 Å². The predicted molar refractivity (Wildman–Crippen MR) is 265 cm³/mol. The van der Waals surface area contributed by atoms with Crippen molar-refractivity contribution in [1.29, 1.82) is 0 Å². The lowest BCUT2D eigenvalue weighted by molar-refractivity contribution is -0.323. The average Bonchev–Trinajstić information content (AvgIpc) is 3.64. The van der Waals surface area contributed by atoms with Gasteiger partial charge >= 0.3 is 0 Å². The lowest BCUT2D eigenvalue weighted by Crippen LogP contribution is -2.61. The first kappa shape index (κ1) is 49.6. The van der Waals surface area contributed by atoms with Gasteiger partial charge in [-0.05, 0) is 56.7 Å². The predicted octanol–water partition coefficient (Wildman–Crippen LogP) is 11.7. The number of carbonyl (C=O) groups excluding carboxylic acids is 2. The van der Waals surface area contributed by atoms with Crippen molar-refractivity contribution >= 4 is 23.8 Å². The fourth-order valence-electron chi connectivity index (χ4n) is 9.06. The van der Waals surface area contributed by atoms with Crippen molar-refractivity contribution in [3.63, 3.8) is 0 Å². The summed E-state index contributed by atoms with van der Waals surface area (Å²) in [5.74, 6) is 1.58. The topological polar surface area (TPSA) is 102 Å². The molecule has 5 aromatic rings. The maximum Gasteiger partial charge on any atom is 0.239 e. The molecule has 2 saturated heterocycles. The van der Waals surface area contributed by atoms with Crippen molar-refractivity contribution in [2.75, 3.05) is 13.7 Å². The maximum atomic E-state index is 12.7. The second kappa shape index (κ2) is 21.0. The van der Waals surface area contributed by atoms with Crippen LogP contribution in [0.15, 0.2) is 115 Å². The molecule has 0 radical (unpaired) electrons. The fraction of sp³-hybridized carbons (Fsp3) is 0.439. The zero-order valence-electron chi connectivity index (χ0n) is 41.0. The van der Waals surface area contributed by atoms with Crippen molar-refractivity contribution in [2.45, 2.75) is 147 Å². The molecule has 11 heteroatoms. The first-order chi connectivity index (χ1) is 32.5. The highest BCUT2D eigenvalue weighted by Crippen LogP contribution is 2.53. The average molecular weight is 942 g/mol. The summed E-state index contributed by atoms with van der Waals surface area (Å²) in [5, 5.41) is 0. The molecule has 68 heavy (non-hydrogen) atoms. The van der Waals surface area contributed by atoms with Gasteiger partial charge in [0.2, 0.25) is 11.8 Å². The zero-order valence-corrected chi connectivity index (χ0v) is 41.9. The highest BCUT2D eigenvalue weighted by Gasteiger charge is 2.49. The lowest BCUT2D eigenvalue weighted by atomic mass is 9.71. The van der Waals surface area contributed by atoms with Gasteiger partial charge in [0.25, 0.3) is 0 Å². The number of amides is 2. The second-order valence-electron chi connectivity index (χ2n) is 20.7. The number of methoxy groups -OCH3 is 1. The summed E-state index contributed by atoms with van der Waals surface area (Å²) in [4.78, 5) is 25.5. The molecule has 2 fully saturated rings. The Bertz CT molecular complexity index is 2500. The zero-order chi connectivity index (χ0) is 48.2. The van der Waals surface area contributed by atoms with E-state index < -0.39 is 36.1 Å². The van der Waals surface area contributed by atoms with Crippen LogP contribution >= 0.6 is 11.9 Å². The minimum Gasteiger partial charge on any atom is -0.456 e. The van der Waals surface area contributed by atoms with E-state index in [1.807, 2.05) is 91.0 Å². The van der Waals surface area contributed by atoms with Gasteiger partial charge in [-0.3, -0.25) is 9.59 Å². The Kier molecular flexibility index (Phi) is 15.3. The number of rotatable bonds is 17. The Hall–Kier alpha value is -4.85. The van der Waals surface area contributed by atoms with E-state index in [1.54, 1.807) is 7.11 Å². The van der Waals surface area contributed by atoms with Gasteiger partial charge in [-0.15, -0.1) is 0 Å². The summed E-state index contributed by atoms with van der Waals surface area (Å²) in [6.45, 7) is 19.1. The number of benzene rings is 5. The van der Waals surface area contributed by atoms with Crippen LogP contribution in [0.1, 0.15) is 118 Å². The van der Waals surface area contributed by atoms with Gasteiger partial charge in [-0.2, -0.15) is 0 Å². The highest BCUT2D eigenvalue weighted by atomic mass is 32.2. The third kappa shape index (κ3) is 11.3. The van der Waals surface area contributed by atoms with Gasteiger partial charge in [0.05, 0.1) is 33.0 Å². The van der Waals surface area contributed by atoms with Crippen LogP contribution in [0, 0.1) is 0 Å². The highest BCUT2D eigenvalue weighted by molar-refractivity contribution is 7.97. The largest absolute Gasteiger partial charge is 0.456 e. The van der Waals surface area contributed by atoms with Crippen LogP contribution < -0.4 is 4.74 Å². The number of hydrogen-bond acceptors (Lipinski definition) is 10. The van der Waals surface area contributed by atoms with Crippen LogP contribution in [-0.4, -0.2) is 60.5 Å². The summed E-state index contributed by atoms with van der Waals surface area (Å²) < 4.78 is 48.5. The Morgan fingerprint density at radius 3 is 1.56 bits per heavy atom. The summed E-state index contributed by atoms with van der Waals surface area (Å²) in [6.07, 6.45) is -2.78. The van der Waals surface area contributed by atoms with E-state index in [0.29, 0.717) is 25.6 Å². The molecule has 0 saturated carbocycles. The van der Waals surface area contributed by atoms with Crippen LogP contribution in [0.25, 0.3) is 0 Å². The van der Waals surface area contributed by atoms with E-state index in [-0.39, 0.29) is 48.7 Å². The normalized spacial score (nSPS) is 21.4. The van der Waals surface area contributed by atoms with Crippen LogP contribution in [-0.2, 0) is 86.4 Å². The number of hydrogen-bond donors (Lipinski definition) is 0. The molecule has 3 heterocycles. The first-order valence-electron chi connectivity index (χ1n) is 23.8. The van der Waals surface area contributed by atoms with Crippen molar-refractivity contribution in [1.82, 2.24) is 4.31 Å². The fourth-order valence-corrected chi connectivity index (χ4v) is 10.0. The monoisotopic (exact) mass is 941 g/mol. The molecule has 3 aliphatic rings. The molecular formula is C57H67NO9S. The lowest BCUT2D eigenvalue weighted by Gasteiger charge is -2.45. The van der Waals surface area contributed by atoms with Gasteiger partial charge in [-0.1, -0.05) is 165 Å². The molecule has 0 spiro atoms. The molecule has 8 rings (SSSR count). The van der Waals surface area contributed by atoms with Crippen molar-refractivity contribution in [3.05, 3.63) is 165 Å². The SMILES string of the molecule is CO[C@H]1O[C@H](COCc2cc(C(C)(C)C)cc3c2Oc2c(CSN4C(=O)CCC4=O)cc(C(C)(C)C)cc2C3(C)C)[C@@H](OCc2ccccc2)[C@H](OCc2ccccc2)[C@H]1OCc1ccccc1.